The van der Waals surface area contributed by atoms with E-state index in [9.17, 15) is 5.11 Å². The van der Waals surface area contributed by atoms with Gasteiger partial charge < -0.3 is 5.11 Å². The molecule has 0 aromatic carbocycles. The summed E-state index contributed by atoms with van der Waals surface area (Å²) in [5, 5.41) is 10.3. The Morgan fingerprint density at radius 1 is 0.300 bits per heavy atom. The standard InChI is InChI=1S/C39H80O/c1-4-6-8-10-12-14-16-18-20-22-24-26-28-30-32-34-36-39(38(3)40)37-35-33-31-29-27-25-23-21-19-17-15-13-11-9-7-5-2/h38-40H,4-37H2,1-3H3. The average molecular weight is 565 g/mol. The van der Waals surface area contributed by atoms with Gasteiger partial charge in [-0.05, 0) is 25.7 Å². The molecule has 1 nitrogen and oxygen atoms in total. The lowest BCUT2D eigenvalue weighted by Crippen LogP contribution is -2.16. The van der Waals surface area contributed by atoms with Crippen LogP contribution in [0.4, 0.5) is 0 Å². The predicted molar refractivity (Wildman–Crippen MR) is 183 cm³/mol. The number of aliphatic hydroxyl groups is 1. The molecule has 0 bridgehead atoms. The maximum absolute atomic E-state index is 10.3. The van der Waals surface area contributed by atoms with Gasteiger partial charge >= 0.3 is 0 Å². The second-order valence-electron chi connectivity index (χ2n) is 13.7. The van der Waals surface area contributed by atoms with Gasteiger partial charge in [0.2, 0.25) is 0 Å². The Balaban J connectivity index is 3.37. The van der Waals surface area contributed by atoms with Gasteiger partial charge in [-0.1, -0.05) is 219 Å². The van der Waals surface area contributed by atoms with Crippen molar-refractivity contribution in [2.75, 3.05) is 0 Å². The number of aliphatic hydroxyl groups excluding tert-OH is 1. The minimum Gasteiger partial charge on any atom is -0.393 e. The molecule has 0 rings (SSSR count). The van der Waals surface area contributed by atoms with Crippen molar-refractivity contribution in [1.82, 2.24) is 0 Å². The minimum absolute atomic E-state index is 0.118. The zero-order chi connectivity index (χ0) is 29.2. The number of rotatable bonds is 35. The summed E-state index contributed by atoms with van der Waals surface area (Å²) in [6, 6.07) is 0. The fourth-order valence-corrected chi connectivity index (χ4v) is 6.54. The Kier molecular flexibility index (Phi) is 35.1. The molecular weight excluding hydrogens is 484 g/mol. The third-order valence-corrected chi connectivity index (χ3v) is 9.54. The first-order valence-electron chi connectivity index (χ1n) is 19.4. The third-order valence-electron chi connectivity index (χ3n) is 9.54. The van der Waals surface area contributed by atoms with Crippen molar-refractivity contribution >= 4 is 0 Å². The van der Waals surface area contributed by atoms with Crippen molar-refractivity contribution in [2.24, 2.45) is 5.92 Å². The van der Waals surface area contributed by atoms with E-state index in [2.05, 4.69) is 13.8 Å². The molecule has 1 atom stereocenters. The summed E-state index contributed by atoms with van der Waals surface area (Å²) in [7, 11) is 0. The van der Waals surface area contributed by atoms with Crippen LogP contribution >= 0.6 is 0 Å². The quantitative estimate of drug-likeness (QED) is 0.0759. The van der Waals surface area contributed by atoms with Crippen molar-refractivity contribution in [3.05, 3.63) is 0 Å². The molecule has 0 fully saturated rings. The first kappa shape index (κ1) is 40.0. The summed E-state index contributed by atoms with van der Waals surface area (Å²) in [6.45, 7) is 6.64. The van der Waals surface area contributed by atoms with Crippen LogP contribution < -0.4 is 0 Å². The molecule has 0 aromatic heterocycles. The molecule has 1 unspecified atom stereocenters. The van der Waals surface area contributed by atoms with E-state index >= 15 is 0 Å². The number of hydrogen-bond acceptors (Lipinski definition) is 1. The fourth-order valence-electron chi connectivity index (χ4n) is 6.54. The Bertz CT molecular complexity index is 395. The number of hydrogen-bond donors (Lipinski definition) is 1. The summed E-state index contributed by atoms with van der Waals surface area (Å²) in [4.78, 5) is 0. The van der Waals surface area contributed by atoms with Crippen molar-refractivity contribution in [3.63, 3.8) is 0 Å². The van der Waals surface area contributed by atoms with E-state index in [0.717, 1.165) is 0 Å². The second-order valence-corrected chi connectivity index (χ2v) is 13.7. The molecule has 0 aromatic rings. The van der Waals surface area contributed by atoms with Crippen LogP contribution in [0.1, 0.15) is 239 Å². The Morgan fingerprint density at radius 3 is 0.650 bits per heavy atom. The largest absolute Gasteiger partial charge is 0.393 e. The molecule has 0 saturated heterocycles. The van der Waals surface area contributed by atoms with E-state index in [1.54, 1.807) is 0 Å². The van der Waals surface area contributed by atoms with Gasteiger partial charge in [0.15, 0.2) is 0 Å². The monoisotopic (exact) mass is 565 g/mol. The zero-order valence-electron chi connectivity index (χ0n) is 28.6. The molecule has 1 N–H and O–H groups in total. The Hall–Kier alpha value is -0.0400. The first-order valence-corrected chi connectivity index (χ1v) is 19.4. The molecule has 1 heteroatoms. The summed E-state index contributed by atoms with van der Waals surface area (Å²) in [5.74, 6) is 0.540. The van der Waals surface area contributed by atoms with E-state index in [-0.39, 0.29) is 6.10 Å². The lowest BCUT2D eigenvalue weighted by molar-refractivity contribution is 0.111. The van der Waals surface area contributed by atoms with Crippen LogP contribution in [0.2, 0.25) is 0 Å². The highest BCUT2D eigenvalue weighted by Gasteiger charge is 2.14. The van der Waals surface area contributed by atoms with Crippen LogP contribution in [0.3, 0.4) is 0 Å². The summed E-state index contributed by atoms with van der Waals surface area (Å²) < 4.78 is 0. The molecule has 0 heterocycles. The Labute approximate surface area is 255 Å². The van der Waals surface area contributed by atoms with E-state index in [4.69, 9.17) is 0 Å². The van der Waals surface area contributed by atoms with Gasteiger partial charge in [0.1, 0.15) is 0 Å². The maximum atomic E-state index is 10.3. The Morgan fingerprint density at radius 2 is 0.475 bits per heavy atom. The van der Waals surface area contributed by atoms with Crippen LogP contribution in [0, 0.1) is 5.92 Å². The van der Waals surface area contributed by atoms with Crippen molar-refractivity contribution in [2.45, 2.75) is 245 Å². The first-order chi connectivity index (χ1) is 19.7. The van der Waals surface area contributed by atoms with E-state index < -0.39 is 0 Å². The van der Waals surface area contributed by atoms with Crippen LogP contribution in [0.25, 0.3) is 0 Å². The van der Waals surface area contributed by atoms with E-state index in [0.29, 0.717) is 5.92 Å². The SMILES string of the molecule is CCCCCCCCCCCCCCCCCCC(CCCCCCCCCCCCCCCCCC)C(C)O. The smallest absolute Gasteiger partial charge is 0.0540 e. The zero-order valence-corrected chi connectivity index (χ0v) is 28.6. The van der Waals surface area contributed by atoms with Gasteiger partial charge in [0.05, 0.1) is 6.10 Å². The molecule has 0 amide bonds. The molecular formula is C39H80O. The van der Waals surface area contributed by atoms with Crippen LogP contribution in [0.5, 0.6) is 0 Å². The van der Waals surface area contributed by atoms with E-state index in [1.807, 2.05) is 6.92 Å². The lowest BCUT2D eigenvalue weighted by Gasteiger charge is -2.19. The van der Waals surface area contributed by atoms with Crippen LogP contribution in [-0.4, -0.2) is 11.2 Å². The molecule has 0 aliphatic heterocycles. The molecule has 0 saturated carbocycles. The second kappa shape index (κ2) is 35.2. The van der Waals surface area contributed by atoms with Gasteiger partial charge in [-0.3, -0.25) is 0 Å². The molecule has 40 heavy (non-hydrogen) atoms. The third kappa shape index (κ3) is 32.5. The van der Waals surface area contributed by atoms with Gasteiger partial charge in [0.25, 0.3) is 0 Å². The van der Waals surface area contributed by atoms with Crippen molar-refractivity contribution in [3.8, 4) is 0 Å². The van der Waals surface area contributed by atoms with E-state index in [1.165, 1.54) is 218 Å². The summed E-state index contributed by atoms with van der Waals surface area (Å²) in [6.07, 6.45) is 48.2. The van der Waals surface area contributed by atoms with Crippen LogP contribution in [0.15, 0.2) is 0 Å². The molecule has 0 spiro atoms. The normalized spacial score (nSPS) is 12.5. The maximum Gasteiger partial charge on any atom is 0.0540 e. The molecule has 0 aliphatic rings. The minimum atomic E-state index is -0.118. The van der Waals surface area contributed by atoms with Gasteiger partial charge in [-0.25, -0.2) is 0 Å². The lowest BCUT2D eigenvalue weighted by atomic mass is 9.90. The van der Waals surface area contributed by atoms with Gasteiger partial charge in [-0.2, -0.15) is 0 Å². The highest BCUT2D eigenvalue weighted by Crippen LogP contribution is 2.23. The van der Waals surface area contributed by atoms with Crippen molar-refractivity contribution < 1.29 is 5.11 Å². The van der Waals surface area contributed by atoms with Crippen LogP contribution in [-0.2, 0) is 0 Å². The van der Waals surface area contributed by atoms with Gasteiger partial charge in [0, 0.05) is 0 Å². The summed E-state index contributed by atoms with van der Waals surface area (Å²) >= 11 is 0. The highest BCUT2D eigenvalue weighted by molar-refractivity contribution is 4.66. The molecule has 0 aliphatic carbocycles. The average Bonchev–Trinajstić information content (AvgIpc) is 2.95. The molecule has 0 radical (unpaired) electrons. The number of unbranched alkanes of at least 4 members (excludes halogenated alkanes) is 30. The summed E-state index contributed by atoms with van der Waals surface area (Å²) in [5.41, 5.74) is 0. The van der Waals surface area contributed by atoms with Gasteiger partial charge in [-0.15, -0.1) is 0 Å². The molecule has 242 valence electrons. The van der Waals surface area contributed by atoms with Crippen molar-refractivity contribution in [1.29, 1.82) is 0 Å². The fraction of sp³-hybridized carbons (Fsp3) is 1.00. The topological polar surface area (TPSA) is 20.2 Å². The highest BCUT2D eigenvalue weighted by atomic mass is 16.3. The predicted octanol–water partition coefficient (Wildman–Crippen LogP) is 14.3.